The third kappa shape index (κ3) is 11.8. The Morgan fingerprint density at radius 3 is 1.30 bits per heavy atom. The van der Waals surface area contributed by atoms with E-state index in [4.69, 9.17) is 0 Å². The summed E-state index contributed by atoms with van der Waals surface area (Å²) in [6.45, 7) is 11.1. The first kappa shape index (κ1) is 23.4. The highest BCUT2D eigenvalue weighted by Crippen LogP contribution is 2.18. The molecule has 0 rings (SSSR count). The van der Waals surface area contributed by atoms with Crippen molar-refractivity contribution in [2.45, 2.75) is 85.0 Å². The molecule has 0 aliphatic rings. The van der Waals surface area contributed by atoms with Crippen molar-refractivity contribution in [3.63, 3.8) is 0 Å². The van der Waals surface area contributed by atoms with E-state index in [1.54, 1.807) is 0 Å². The second kappa shape index (κ2) is 16.5. The molecule has 0 spiro atoms. The molecule has 0 bridgehead atoms. The van der Waals surface area contributed by atoms with Crippen LogP contribution in [-0.4, -0.2) is 29.6 Å². The van der Waals surface area contributed by atoms with Crippen LogP contribution in [-0.2, 0) is 0 Å². The molecular formula is C17H37BrIN. The predicted octanol–water partition coefficient (Wildman–Crippen LogP) is 3.12. The maximum absolute atomic E-state index is 3.82. The number of alkyl halides is 1. The van der Waals surface area contributed by atoms with E-state index in [0.29, 0.717) is 0 Å². The van der Waals surface area contributed by atoms with Crippen molar-refractivity contribution in [3.8, 4) is 0 Å². The van der Waals surface area contributed by atoms with Gasteiger partial charge in [0.1, 0.15) is 5.45 Å². The lowest BCUT2D eigenvalue weighted by atomic mass is 10.1. The topological polar surface area (TPSA) is 0 Å². The van der Waals surface area contributed by atoms with Gasteiger partial charge in [0.05, 0.1) is 19.6 Å². The van der Waals surface area contributed by atoms with Gasteiger partial charge in [-0.1, -0.05) is 46.5 Å². The Hall–Kier alpha value is 1.17. The fourth-order valence-electron chi connectivity index (χ4n) is 2.78. The van der Waals surface area contributed by atoms with E-state index in [2.05, 4.69) is 36.7 Å². The molecule has 0 fully saturated rings. The maximum Gasteiger partial charge on any atom is 0.134 e. The molecule has 0 saturated carbocycles. The van der Waals surface area contributed by atoms with Crippen LogP contribution in [0.25, 0.3) is 0 Å². The minimum Gasteiger partial charge on any atom is -1.00 e. The maximum atomic E-state index is 3.82. The van der Waals surface area contributed by atoms with Gasteiger partial charge in [0.25, 0.3) is 0 Å². The van der Waals surface area contributed by atoms with Gasteiger partial charge in [-0.3, -0.25) is 0 Å². The van der Waals surface area contributed by atoms with Crippen LogP contribution in [0.4, 0.5) is 0 Å². The summed E-state index contributed by atoms with van der Waals surface area (Å²) in [4.78, 5) is 0. The van der Waals surface area contributed by atoms with Crippen molar-refractivity contribution in [1.82, 2.24) is 0 Å². The fourth-order valence-corrected chi connectivity index (χ4v) is 3.54. The first-order valence-corrected chi connectivity index (χ1v) is 9.77. The van der Waals surface area contributed by atoms with E-state index in [1.807, 2.05) is 0 Å². The summed E-state index contributed by atoms with van der Waals surface area (Å²) in [5.74, 6) is 0. The number of quaternary nitrogens is 1. The lowest BCUT2D eigenvalue weighted by Crippen LogP contribution is -3.00. The number of unbranched alkanes of at least 4 members (excludes halogenated alkanes) is 7. The van der Waals surface area contributed by atoms with Crippen molar-refractivity contribution >= 4 is 15.9 Å². The highest BCUT2D eigenvalue weighted by atomic mass is 127. The van der Waals surface area contributed by atoms with Gasteiger partial charge < -0.3 is 28.5 Å². The lowest BCUT2D eigenvalue weighted by Gasteiger charge is -2.37. The normalized spacial score (nSPS) is 11.4. The van der Waals surface area contributed by atoms with Gasteiger partial charge in [-0.05, 0) is 54.5 Å². The predicted molar refractivity (Wildman–Crippen MR) is 91.8 cm³/mol. The molecular weight excluding hydrogens is 425 g/mol. The molecule has 124 valence electrons. The molecule has 0 N–H and O–H groups in total. The van der Waals surface area contributed by atoms with Crippen LogP contribution < -0.4 is 24.0 Å². The summed E-state index contributed by atoms with van der Waals surface area (Å²) in [6, 6.07) is 0. The van der Waals surface area contributed by atoms with Gasteiger partial charge in [-0.25, -0.2) is 0 Å². The number of hydrogen-bond acceptors (Lipinski definition) is 0. The van der Waals surface area contributed by atoms with Crippen molar-refractivity contribution in [3.05, 3.63) is 0 Å². The van der Waals surface area contributed by atoms with Crippen LogP contribution in [0.2, 0.25) is 0 Å². The second-order valence-corrected chi connectivity index (χ2v) is 6.61. The van der Waals surface area contributed by atoms with Gasteiger partial charge in [-0.15, -0.1) is 0 Å². The molecule has 0 aliphatic heterocycles. The number of rotatable bonds is 14. The molecule has 0 aromatic carbocycles. The minimum atomic E-state index is 0. The third-order valence-corrected chi connectivity index (χ3v) is 5.28. The summed E-state index contributed by atoms with van der Waals surface area (Å²) < 4.78 is 1.32. The molecule has 3 heteroatoms. The van der Waals surface area contributed by atoms with Crippen molar-refractivity contribution in [2.75, 3.05) is 25.1 Å². The molecule has 0 aromatic rings. The Morgan fingerprint density at radius 2 is 0.950 bits per heavy atom. The molecule has 20 heavy (non-hydrogen) atoms. The van der Waals surface area contributed by atoms with Gasteiger partial charge >= 0.3 is 0 Å². The Kier molecular flexibility index (Phi) is 19.4. The summed E-state index contributed by atoms with van der Waals surface area (Å²) in [7, 11) is 0. The van der Waals surface area contributed by atoms with Crippen LogP contribution in [0.15, 0.2) is 0 Å². The van der Waals surface area contributed by atoms with Crippen molar-refractivity contribution in [2.24, 2.45) is 0 Å². The minimum absolute atomic E-state index is 0. The largest absolute Gasteiger partial charge is 1.00 e. The summed E-state index contributed by atoms with van der Waals surface area (Å²) in [6.07, 6.45) is 13.9. The van der Waals surface area contributed by atoms with E-state index in [9.17, 15) is 0 Å². The van der Waals surface area contributed by atoms with Crippen LogP contribution in [0, 0.1) is 0 Å². The van der Waals surface area contributed by atoms with E-state index in [0.717, 1.165) is 5.45 Å². The van der Waals surface area contributed by atoms with E-state index >= 15 is 0 Å². The molecule has 0 aromatic heterocycles. The van der Waals surface area contributed by atoms with Crippen LogP contribution >= 0.6 is 15.9 Å². The fraction of sp³-hybridized carbons (Fsp3) is 1.00. The summed E-state index contributed by atoms with van der Waals surface area (Å²) in [5.41, 5.74) is 1.16. The molecule has 0 heterocycles. The zero-order valence-electron chi connectivity index (χ0n) is 14.1. The standard InChI is InChI=1S/C17H37BrN.HI/c1-4-7-10-13-16-19(17-18,14-11-8-5-2)15-12-9-6-3;/h4-17H2,1-3H3;1H/q+1;/p-1. The molecule has 0 amide bonds. The summed E-state index contributed by atoms with van der Waals surface area (Å²) >= 11 is 3.82. The van der Waals surface area contributed by atoms with Crippen molar-refractivity contribution in [1.29, 1.82) is 0 Å². The molecule has 1 nitrogen and oxygen atoms in total. The first-order valence-electron chi connectivity index (χ1n) is 8.65. The molecule has 0 saturated heterocycles. The lowest BCUT2D eigenvalue weighted by molar-refractivity contribution is -0.916. The monoisotopic (exact) mass is 461 g/mol. The van der Waals surface area contributed by atoms with Crippen LogP contribution in [0.3, 0.4) is 0 Å². The van der Waals surface area contributed by atoms with Gasteiger partial charge in [-0.2, -0.15) is 0 Å². The second-order valence-electron chi connectivity index (χ2n) is 6.11. The number of halogens is 2. The smallest absolute Gasteiger partial charge is 0.134 e. The Labute approximate surface area is 154 Å². The average molecular weight is 462 g/mol. The Bertz CT molecular complexity index is 178. The zero-order valence-corrected chi connectivity index (χ0v) is 17.8. The zero-order chi connectivity index (χ0) is 14.4. The van der Waals surface area contributed by atoms with Gasteiger partial charge in [0, 0.05) is 0 Å². The third-order valence-electron chi connectivity index (χ3n) is 4.21. The molecule has 0 aliphatic carbocycles. The Balaban J connectivity index is 0. The molecule has 0 unspecified atom stereocenters. The molecule has 0 radical (unpaired) electrons. The SMILES string of the molecule is CCCCCC[N+](CBr)(CCCCC)CCCCC.[I-]. The van der Waals surface area contributed by atoms with E-state index in [-0.39, 0.29) is 24.0 Å². The highest BCUT2D eigenvalue weighted by molar-refractivity contribution is 9.09. The average Bonchev–Trinajstić information content (AvgIpc) is 2.43. The van der Waals surface area contributed by atoms with Crippen molar-refractivity contribution < 1.29 is 28.5 Å². The summed E-state index contributed by atoms with van der Waals surface area (Å²) in [5, 5.41) is 0. The number of hydrogen-bond donors (Lipinski definition) is 0. The van der Waals surface area contributed by atoms with Gasteiger partial charge in [0.15, 0.2) is 0 Å². The van der Waals surface area contributed by atoms with Crippen LogP contribution in [0.5, 0.6) is 0 Å². The number of nitrogens with zero attached hydrogens (tertiary/aromatic N) is 1. The molecule has 0 atom stereocenters. The quantitative estimate of drug-likeness (QED) is 0.122. The first-order chi connectivity index (χ1) is 9.24. The highest BCUT2D eigenvalue weighted by Gasteiger charge is 2.24. The van der Waals surface area contributed by atoms with E-state index < -0.39 is 0 Å². The van der Waals surface area contributed by atoms with Crippen LogP contribution in [0.1, 0.15) is 85.0 Å². The van der Waals surface area contributed by atoms with Gasteiger partial charge in [0.2, 0.25) is 0 Å². The van der Waals surface area contributed by atoms with E-state index in [1.165, 1.54) is 88.3 Å². The Morgan fingerprint density at radius 1 is 0.600 bits per heavy atom.